The van der Waals surface area contributed by atoms with Crippen LogP contribution in [0.15, 0.2) is 66.7 Å². The number of piperidine rings is 1. The quantitative estimate of drug-likeness (QED) is 0.371. The molecule has 1 aliphatic heterocycles. The Hall–Kier alpha value is -3.45. The molecule has 0 unspecified atom stereocenters. The standard InChI is InChI=1S/C22H29NO2.C10H11N/c1-16(2)6-7-17-8-13-21(22(25)15-17)23-14-4-3-5-20(23)18-9-11-19(24)12-10-18;1-8(2)10-5-3-9(7-11)4-6-10/h8-13,15-16,20,24-25H,3-7,14H2,1-2H3;3-6,8H,1-2H3/t20-;/m0./s1. The molecule has 1 aliphatic rings. The number of anilines is 1. The molecule has 0 radical (unpaired) electrons. The highest BCUT2D eigenvalue weighted by Gasteiger charge is 2.26. The van der Waals surface area contributed by atoms with Crippen molar-refractivity contribution in [3.05, 3.63) is 89.0 Å². The van der Waals surface area contributed by atoms with Gasteiger partial charge in [-0.25, -0.2) is 0 Å². The second-order valence-electron chi connectivity index (χ2n) is 10.4. The van der Waals surface area contributed by atoms with Crippen molar-refractivity contribution in [2.45, 2.75) is 71.8 Å². The maximum Gasteiger partial charge on any atom is 0.139 e. The van der Waals surface area contributed by atoms with Gasteiger partial charge in [0.15, 0.2) is 0 Å². The monoisotopic (exact) mass is 484 g/mol. The van der Waals surface area contributed by atoms with Crippen molar-refractivity contribution in [1.82, 2.24) is 0 Å². The number of aromatic hydroxyl groups is 2. The van der Waals surface area contributed by atoms with Crippen molar-refractivity contribution in [2.75, 3.05) is 11.4 Å². The van der Waals surface area contributed by atoms with Gasteiger partial charge in [-0.3, -0.25) is 0 Å². The number of phenolic OH excluding ortho intramolecular Hbond substituents is 2. The summed E-state index contributed by atoms with van der Waals surface area (Å²) < 4.78 is 0. The van der Waals surface area contributed by atoms with Crippen LogP contribution in [0.2, 0.25) is 0 Å². The summed E-state index contributed by atoms with van der Waals surface area (Å²) in [7, 11) is 0. The third kappa shape index (κ3) is 7.52. The van der Waals surface area contributed by atoms with Gasteiger partial charge in [0.2, 0.25) is 0 Å². The Labute approximate surface area is 216 Å². The summed E-state index contributed by atoms with van der Waals surface area (Å²) in [5.74, 6) is 1.89. The summed E-state index contributed by atoms with van der Waals surface area (Å²) in [6.07, 6.45) is 5.54. The summed E-state index contributed by atoms with van der Waals surface area (Å²) in [5, 5.41) is 28.7. The molecular formula is C32H40N2O2. The summed E-state index contributed by atoms with van der Waals surface area (Å²) in [4.78, 5) is 2.32. The number of nitriles is 1. The van der Waals surface area contributed by atoms with Crippen LogP contribution in [0.1, 0.15) is 87.6 Å². The second kappa shape index (κ2) is 13.0. The van der Waals surface area contributed by atoms with E-state index < -0.39 is 0 Å². The van der Waals surface area contributed by atoms with E-state index in [9.17, 15) is 10.2 Å². The summed E-state index contributed by atoms with van der Waals surface area (Å²) in [6.45, 7) is 9.68. The molecule has 0 aliphatic carbocycles. The SMILES string of the molecule is CC(C)CCc1ccc(N2CCCC[C@H]2c2ccc(O)cc2)c(O)c1.CC(C)c1ccc(C#N)cc1. The summed E-state index contributed by atoms with van der Waals surface area (Å²) >= 11 is 0. The molecule has 4 rings (SSSR count). The highest BCUT2D eigenvalue weighted by Crippen LogP contribution is 2.40. The molecule has 4 nitrogen and oxygen atoms in total. The molecule has 1 saturated heterocycles. The minimum Gasteiger partial charge on any atom is -0.508 e. The van der Waals surface area contributed by atoms with Crippen LogP contribution in [0.4, 0.5) is 5.69 Å². The highest BCUT2D eigenvalue weighted by molar-refractivity contribution is 5.60. The summed E-state index contributed by atoms with van der Waals surface area (Å²) in [6, 6.07) is 23.7. The number of benzene rings is 3. The van der Waals surface area contributed by atoms with Gasteiger partial charge in [-0.1, -0.05) is 58.0 Å². The normalized spacial score (nSPS) is 15.4. The van der Waals surface area contributed by atoms with Crippen molar-refractivity contribution in [2.24, 2.45) is 5.92 Å². The Bertz CT molecular complexity index is 1130. The second-order valence-corrected chi connectivity index (χ2v) is 10.4. The third-order valence-corrected chi connectivity index (χ3v) is 6.85. The molecule has 3 aromatic rings. The van der Waals surface area contributed by atoms with E-state index in [1.54, 1.807) is 12.1 Å². The van der Waals surface area contributed by atoms with Gasteiger partial charge in [0.1, 0.15) is 11.5 Å². The van der Waals surface area contributed by atoms with Crippen LogP contribution >= 0.6 is 0 Å². The van der Waals surface area contributed by atoms with Crippen LogP contribution in [0.3, 0.4) is 0 Å². The molecule has 0 aromatic heterocycles. The lowest BCUT2D eigenvalue weighted by molar-refractivity contribution is 0.443. The molecule has 190 valence electrons. The van der Waals surface area contributed by atoms with E-state index in [0.29, 0.717) is 23.3 Å². The van der Waals surface area contributed by atoms with Crippen molar-refractivity contribution < 1.29 is 10.2 Å². The Kier molecular flexibility index (Phi) is 9.82. The first-order valence-electron chi connectivity index (χ1n) is 13.2. The van der Waals surface area contributed by atoms with Crippen LogP contribution in [-0.2, 0) is 6.42 Å². The molecule has 1 heterocycles. The van der Waals surface area contributed by atoms with Gasteiger partial charge < -0.3 is 15.1 Å². The molecule has 36 heavy (non-hydrogen) atoms. The lowest BCUT2D eigenvalue weighted by Gasteiger charge is -2.38. The van der Waals surface area contributed by atoms with E-state index in [1.807, 2.05) is 42.5 Å². The molecule has 3 aromatic carbocycles. The average Bonchev–Trinajstić information content (AvgIpc) is 2.88. The minimum absolute atomic E-state index is 0.252. The van der Waals surface area contributed by atoms with E-state index in [1.165, 1.54) is 23.1 Å². The van der Waals surface area contributed by atoms with E-state index in [2.05, 4.69) is 50.8 Å². The molecule has 0 bridgehead atoms. The van der Waals surface area contributed by atoms with E-state index in [0.717, 1.165) is 43.5 Å². The van der Waals surface area contributed by atoms with E-state index >= 15 is 0 Å². The molecular weight excluding hydrogens is 444 g/mol. The molecule has 1 atom stereocenters. The first kappa shape index (κ1) is 27.1. The zero-order valence-electron chi connectivity index (χ0n) is 22.1. The lowest BCUT2D eigenvalue weighted by Crippen LogP contribution is -2.33. The molecule has 2 N–H and O–H groups in total. The average molecular weight is 485 g/mol. The largest absolute Gasteiger partial charge is 0.508 e. The highest BCUT2D eigenvalue weighted by atomic mass is 16.3. The number of hydrogen-bond donors (Lipinski definition) is 2. The predicted molar refractivity (Wildman–Crippen MR) is 149 cm³/mol. The summed E-state index contributed by atoms with van der Waals surface area (Å²) in [5.41, 5.74) is 5.33. The zero-order chi connectivity index (χ0) is 26.1. The maximum absolute atomic E-state index is 10.6. The Morgan fingerprint density at radius 2 is 1.61 bits per heavy atom. The first-order valence-corrected chi connectivity index (χ1v) is 13.2. The number of aryl methyl sites for hydroxylation is 1. The van der Waals surface area contributed by atoms with Crippen molar-refractivity contribution in [3.63, 3.8) is 0 Å². The van der Waals surface area contributed by atoms with Crippen molar-refractivity contribution in [1.29, 1.82) is 5.26 Å². The van der Waals surface area contributed by atoms with Crippen LogP contribution < -0.4 is 4.90 Å². The smallest absolute Gasteiger partial charge is 0.139 e. The fourth-order valence-electron chi connectivity index (χ4n) is 4.63. The van der Waals surface area contributed by atoms with E-state index in [4.69, 9.17) is 5.26 Å². The number of phenols is 2. The maximum atomic E-state index is 10.6. The van der Waals surface area contributed by atoms with Gasteiger partial charge in [-0.05, 0) is 97.0 Å². The Balaban J connectivity index is 0.000000275. The van der Waals surface area contributed by atoms with Crippen LogP contribution in [0.25, 0.3) is 0 Å². The molecule has 0 saturated carbocycles. The van der Waals surface area contributed by atoms with Crippen molar-refractivity contribution in [3.8, 4) is 17.6 Å². The van der Waals surface area contributed by atoms with Crippen LogP contribution in [0, 0.1) is 17.2 Å². The Morgan fingerprint density at radius 3 is 2.19 bits per heavy atom. The fraction of sp³-hybridized carbons (Fsp3) is 0.406. The number of nitrogens with zero attached hydrogens (tertiary/aromatic N) is 2. The third-order valence-electron chi connectivity index (χ3n) is 6.85. The molecule has 0 amide bonds. The van der Waals surface area contributed by atoms with Crippen molar-refractivity contribution >= 4 is 5.69 Å². The minimum atomic E-state index is 0.252. The van der Waals surface area contributed by atoms with Crippen LogP contribution in [-0.4, -0.2) is 16.8 Å². The molecule has 4 heteroatoms. The lowest BCUT2D eigenvalue weighted by atomic mass is 9.94. The van der Waals surface area contributed by atoms with Gasteiger partial charge in [0, 0.05) is 6.54 Å². The number of rotatable bonds is 6. The molecule has 1 fully saturated rings. The number of hydrogen-bond acceptors (Lipinski definition) is 4. The predicted octanol–water partition coefficient (Wildman–Crippen LogP) is 8.10. The fourth-order valence-corrected chi connectivity index (χ4v) is 4.63. The zero-order valence-corrected chi connectivity index (χ0v) is 22.1. The van der Waals surface area contributed by atoms with Gasteiger partial charge >= 0.3 is 0 Å². The van der Waals surface area contributed by atoms with Gasteiger partial charge in [0.05, 0.1) is 23.4 Å². The Morgan fingerprint density at radius 1 is 0.917 bits per heavy atom. The first-order chi connectivity index (χ1) is 17.3. The topological polar surface area (TPSA) is 67.5 Å². The van der Waals surface area contributed by atoms with Crippen LogP contribution in [0.5, 0.6) is 11.5 Å². The van der Waals surface area contributed by atoms with E-state index in [-0.39, 0.29) is 6.04 Å². The molecule has 0 spiro atoms. The van der Waals surface area contributed by atoms with Gasteiger partial charge in [0.25, 0.3) is 0 Å². The van der Waals surface area contributed by atoms with Gasteiger partial charge in [-0.15, -0.1) is 0 Å². The van der Waals surface area contributed by atoms with Gasteiger partial charge in [-0.2, -0.15) is 5.26 Å².